The van der Waals surface area contributed by atoms with Gasteiger partial charge in [0.05, 0.1) is 7.11 Å². The van der Waals surface area contributed by atoms with Gasteiger partial charge in [-0.2, -0.15) is 0 Å². The van der Waals surface area contributed by atoms with Crippen LogP contribution in [0.2, 0.25) is 0 Å². The number of rotatable bonds is 6. The third-order valence-corrected chi connectivity index (χ3v) is 7.03. The van der Waals surface area contributed by atoms with E-state index in [0.717, 1.165) is 37.4 Å². The average molecular weight is 322 g/mol. The Morgan fingerprint density at radius 2 is 2.13 bits per heavy atom. The molecule has 1 atom stereocenters. The molecule has 132 valence electrons. The van der Waals surface area contributed by atoms with Gasteiger partial charge in [0, 0.05) is 19.1 Å². The van der Waals surface area contributed by atoms with E-state index >= 15 is 0 Å². The van der Waals surface area contributed by atoms with Crippen LogP contribution in [0.3, 0.4) is 0 Å². The van der Waals surface area contributed by atoms with Gasteiger partial charge in [0.25, 0.3) is 0 Å². The van der Waals surface area contributed by atoms with E-state index in [0.29, 0.717) is 5.41 Å². The Kier molecular flexibility index (Phi) is 5.19. The van der Waals surface area contributed by atoms with E-state index in [9.17, 15) is 4.79 Å². The van der Waals surface area contributed by atoms with Crippen molar-refractivity contribution in [1.29, 1.82) is 0 Å². The average Bonchev–Trinajstić information content (AvgIpc) is 2.92. The van der Waals surface area contributed by atoms with Gasteiger partial charge < -0.3 is 14.5 Å². The number of nitrogens with zero attached hydrogens (tertiary/aromatic N) is 2. The van der Waals surface area contributed by atoms with Gasteiger partial charge in [-0.15, -0.1) is 0 Å². The van der Waals surface area contributed by atoms with Crippen molar-refractivity contribution >= 4 is 6.09 Å². The van der Waals surface area contributed by atoms with Gasteiger partial charge in [-0.1, -0.05) is 32.6 Å². The topological polar surface area (TPSA) is 32.8 Å². The summed E-state index contributed by atoms with van der Waals surface area (Å²) in [7, 11) is 3.79. The van der Waals surface area contributed by atoms with Crippen LogP contribution in [0.25, 0.3) is 0 Å². The Morgan fingerprint density at radius 1 is 1.39 bits per heavy atom. The first-order chi connectivity index (χ1) is 11.1. The molecule has 1 amide bonds. The second kappa shape index (κ2) is 7.00. The lowest BCUT2D eigenvalue weighted by Gasteiger charge is -2.49. The lowest BCUT2D eigenvalue weighted by atomic mass is 9.64. The summed E-state index contributed by atoms with van der Waals surface area (Å²) in [6.45, 7) is 5.39. The van der Waals surface area contributed by atoms with Gasteiger partial charge in [0.15, 0.2) is 0 Å². The van der Waals surface area contributed by atoms with Crippen molar-refractivity contribution in [1.82, 2.24) is 9.80 Å². The number of likely N-dealkylation sites (tertiary alicyclic amines) is 1. The van der Waals surface area contributed by atoms with Gasteiger partial charge in [-0.25, -0.2) is 4.79 Å². The summed E-state index contributed by atoms with van der Waals surface area (Å²) in [6.07, 6.45) is 10.6. The number of hydrogen-bond donors (Lipinski definition) is 0. The minimum absolute atomic E-state index is 0.148. The lowest BCUT2D eigenvalue weighted by Crippen LogP contribution is -2.51. The SMILES string of the molecule is CCC(CCN(C)C1CC2(CCN(C(=O)OC)C2)C1)C1CCC1. The minimum atomic E-state index is -0.148. The Hall–Kier alpha value is -0.770. The van der Waals surface area contributed by atoms with Crippen LogP contribution in [0.4, 0.5) is 4.79 Å². The molecule has 0 bridgehead atoms. The Morgan fingerprint density at radius 3 is 2.70 bits per heavy atom. The van der Waals surface area contributed by atoms with E-state index in [1.165, 1.54) is 58.6 Å². The zero-order valence-corrected chi connectivity index (χ0v) is 15.2. The Balaban J connectivity index is 1.39. The molecule has 2 aliphatic carbocycles. The van der Waals surface area contributed by atoms with Crippen LogP contribution in [-0.2, 0) is 4.74 Å². The Labute approximate surface area is 141 Å². The maximum Gasteiger partial charge on any atom is 0.409 e. The van der Waals surface area contributed by atoms with Crippen LogP contribution in [0.5, 0.6) is 0 Å². The summed E-state index contributed by atoms with van der Waals surface area (Å²) in [6, 6.07) is 0.728. The van der Waals surface area contributed by atoms with Crippen LogP contribution in [0, 0.1) is 17.3 Å². The second-order valence-electron chi connectivity index (χ2n) is 8.33. The van der Waals surface area contributed by atoms with Crippen LogP contribution < -0.4 is 0 Å². The number of carbonyl (C=O) groups is 1. The first-order valence-electron chi connectivity index (χ1n) is 9.60. The highest BCUT2D eigenvalue weighted by Gasteiger charge is 2.50. The molecule has 4 heteroatoms. The van der Waals surface area contributed by atoms with Gasteiger partial charge in [-0.05, 0) is 56.5 Å². The van der Waals surface area contributed by atoms with Crippen LogP contribution in [0.1, 0.15) is 58.3 Å². The molecule has 4 nitrogen and oxygen atoms in total. The van der Waals surface area contributed by atoms with E-state index in [4.69, 9.17) is 4.74 Å². The molecular formula is C19H34N2O2. The third kappa shape index (κ3) is 3.52. The van der Waals surface area contributed by atoms with Crippen molar-refractivity contribution in [2.24, 2.45) is 17.3 Å². The van der Waals surface area contributed by atoms with Crippen LogP contribution in [-0.4, -0.2) is 55.7 Å². The molecule has 0 aromatic heterocycles. The van der Waals surface area contributed by atoms with E-state index in [1.807, 2.05) is 4.90 Å². The van der Waals surface area contributed by atoms with E-state index < -0.39 is 0 Å². The van der Waals surface area contributed by atoms with Crippen molar-refractivity contribution in [3.63, 3.8) is 0 Å². The molecule has 1 spiro atoms. The first-order valence-corrected chi connectivity index (χ1v) is 9.60. The Bertz CT molecular complexity index is 416. The van der Waals surface area contributed by atoms with Crippen molar-refractivity contribution in [3.05, 3.63) is 0 Å². The van der Waals surface area contributed by atoms with Gasteiger partial charge >= 0.3 is 6.09 Å². The summed E-state index contributed by atoms with van der Waals surface area (Å²) in [4.78, 5) is 16.1. The van der Waals surface area contributed by atoms with Crippen molar-refractivity contribution in [2.45, 2.75) is 64.3 Å². The molecule has 1 aliphatic heterocycles. The van der Waals surface area contributed by atoms with E-state index in [1.54, 1.807) is 0 Å². The van der Waals surface area contributed by atoms with Gasteiger partial charge in [0.2, 0.25) is 0 Å². The summed E-state index contributed by atoms with van der Waals surface area (Å²) >= 11 is 0. The normalized spacial score (nSPS) is 32.0. The van der Waals surface area contributed by atoms with Crippen molar-refractivity contribution in [2.75, 3.05) is 33.8 Å². The predicted octanol–water partition coefficient (Wildman–Crippen LogP) is 3.76. The predicted molar refractivity (Wildman–Crippen MR) is 92.4 cm³/mol. The molecule has 0 aromatic rings. The molecule has 3 aliphatic rings. The standard InChI is InChI=1S/C19H34N2O2/c1-4-15(16-6-5-7-16)8-10-20(2)17-12-19(13-17)9-11-21(14-19)18(22)23-3/h15-17H,4-14H2,1-3H3. The fraction of sp³-hybridized carbons (Fsp3) is 0.947. The highest BCUT2D eigenvalue weighted by molar-refractivity contribution is 5.67. The quantitative estimate of drug-likeness (QED) is 0.746. The third-order valence-electron chi connectivity index (χ3n) is 7.03. The number of ether oxygens (including phenoxy) is 1. The molecule has 0 radical (unpaired) electrons. The number of hydrogen-bond acceptors (Lipinski definition) is 3. The second-order valence-corrected chi connectivity index (χ2v) is 8.33. The first kappa shape index (κ1) is 17.1. The zero-order chi connectivity index (χ0) is 16.4. The molecule has 23 heavy (non-hydrogen) atoms. The molecule has 3 fully saturated rings. The molecule has 3 rings (SSSR count). The van der Waals surface area contributed by atoms with Crippen LogP contribution in [0.15, 0.2) is 0 Å². The minimum Gasteiger partial charge on any atom is -0.453 e. The smallest absolute Gasteiger partial charge is 0.409 e. The van der Waals surface area contributed by atoms with Crippen molar-refractivity contribution in [3.8, 4) is 0 Å². The maximum absolute atomic E-state index is 11.7. The molecule has 1 unspecified atom stereocenters. The van der Waals surface area contributed by atoms with Crippen LogP contribution >= 0.6 is 0 Å². The maximum atomic E-state index is 11.7. The molecule has 2 saturated carbocycles. The highest BCUT2D eigenvalue weighted by Crippen LogP contribution is 2.50. The fourth-order valence-electron chi connectivity index (χ4n) is 5.04. The van der Waals surface area contributed by atoms with Gasteiger partial charge in [-0.3, -0.25) is 0 Å². The summed E-state index contributed by atoms with van der Waals surface area (Å²) in [5, 5.41) is 0. The number of amides is 1. The summed E-state index contributed by atoms with van der Waals surface area (Å²) < 4.78 is 4.86. The molecule has 0 N–H and O–H groups in total. The zero-order valence-electron chi connectivity index (χ0n) is 15.2. The molecule has 1 saturated heterocycles. The summed E-state index contributed by atoms with van der Waals surface area (Å²) in [5.41, 5.74) is 0.394. The number of methoxy groups -OCH3 is 1. The molecule has 1 heterocycles. The molecular weight excluding hydrogens is 288 g/mol. The lowest BCUT2D eigenvalue weighted by molar-refractivity contribution is 0.0151. The molecule has 0 aromatic carbocycles. The fourth-order valence-corrected chi connectivity index (χ4v) is 5.04. The van der Waals surface area contributed by atoms with E-state index in [-0.39, 0.29) is 6.09 Å². The van der Waals surface area contributed by atoms with Crippen molar-refractivity contribution < 1.29 is 9.53 Å². The van der Waals surface area contributed by atoms with Gasteiger partial charge in [0.1, 0.15) is 0 Å². The number of carbonyl (C=O) groups excluding carboxylic acids is 1. The largest absolute Gasteiger partial charge is 0.453 e. The highest BCUT2D eigenvalue weighted by atomic mass is 16.5. The summed E-state index contributed by atoms with van der Waals surface area (Å²) in [5.74, 6) is 1.96. The van der Waals surface area contributed by atoms with E-state index in [2.05, 4.69) is 18.9 Å². The monoisotopic (exact) mass is 322 g/mol.